The Balaban J connectivity index is 1.19. The molecular formula is C54H72N4O11. The van der Waals surface area contributed by atoms with Crippen molar-refractivity contribution in [3.63, 3.8) is 0 Å². The lowest BCUT2D eigenvalue weighted by molar-refractivity contribution is -0.173. The third kappa shape index (κ3) is 10.2. The lowest BCUT2D eigenvalue weighted by Crippen LogP contribution is -2.48. The number of aliphatic hydroxyl groups is 1. The number of para-hydroxylation sites is 1. The Morgan fingerprint density at radius 2 is 1.45 bits per heavy atom. The van der Waals surface area contributed by atoms with Gasteiger partial charge in [0.15, 0.2) is 28.8 Å². The van der Waals surface area contributed by atoms with Crippen molar-refractivity contribution in [2.75, 3.05) is 87.7 Å². The molecule has 1 saturated heterocycles. The molecule has 3 aromatic carbocycles. The molecule has 1 aromatic heterocycles. The summed E-state index contributed by atoms with van der Waals surface area (Å²) >= 11 is 0. The van der Waals surface area contributed by atoms with Crippen molar-refractivity contribution in [2.24, 2.45) is 24.8 Å². The highest BCUT2D eigenvalue weighted by molar-refractivity contribution is 5.92. The van der Waals surface area contributed by atoms with Crippen molar-refractivity contribution in [3.05, 3.63) is 110 Å². The molecule has 0 spiro atoms. The molecule has 1 N–H and O–H groups in total. The summed E-state index contributed by atoms with van der Waals surface area (Å²) in [5.41, 5.74) is 6.67. The number of amides is 1. The van der Waals surface area contributed by atoms with Gasteiger partial charge in [0.2, 0.25) is 6.29 Å². The van der Waals surface area contributed by atoms with E-state index >= 15 is 4.79 Å². The lowest BCUT2D eigenvalue weighted by atomic mass is 9.72. The van der Waals surface area contributed by atoms with Gasteiger partial charge in [0.05, 0.1) is 66.6 Å². The first kappa shape index (κ1) is 50.1. The van der Waals surface area contributed by atoms with Crippen LogP contribution in [-0.4, -0.2) is 124 Å². The number of carbonyl (C=O) groups is 1. The third-order valence-electron chi connectivity index (χ3n) is 15.2. The predicted octanol–water partition coefficient (Wildman–Crippen LogP) is 7.07. The topological polar surface area (TPSA) is 145 Å². The molecule has 374 valence electrons. The zero-order valence-corrected chi connectivity index (χ0v) is 41.7. The van der Waals surface area contributed by atoms with E-state index in [-0.39, 0.29) is 54.4 Å². The number of aromatic nitrogens is 2. The number of rotatable bonds is 20. The molecule has 69 heavy (non-hydrogen) atoms. The summed E-state index contributed by atoms with van der Waals surface area (Å²) in [6.45, 7) is 10.1. The Hall–Kier alpha value is -5.32. The number of carbonyl (C=O) groups excluding carboxylic acids is 1. The van der Waals surface area contributed by atoms with E-state index in [1.807, 2.05) is 66.9 Å². The van der Waals surface area contributed by atoms with Gasteiger partial charge in [0, 0.05) is 69.0 Å². The van der Waals surface area contributed by atoms with Crippen molar-refractivity contribution in [1.29, 1.82) is 0 Å². The largest absolute Gasteiger partial charge is 0.493 e. The molecular weight excluding hydrogens is 881 g/mol. The number of piperidine rings is 1. The van der Waals surface area contributed by atoms with Crippen LogP contribution in [0.1, 0.15) is 91.0 Å². The maximum atomic E-state index is 15.7. The SMILES string of the molecule is CCO[C@H]1OC(C(=O)N2CCc3cc(OC)c(OC)cc3[C@H]2C[C@H]2C[C@H]3c4cc(OC)c(OC)cc4CCN3C[C@@H]2CC)=C[C@@H](c2c(C)n(C)n(-c3ccccc3)c2=O)[C@@H]1CCOCCOCCO. The number of fused-ring (bicyclic) bond motifs is 4. The van der Waals surface area contributed by atoms with Crippen LogP contribution in [0.5, 0.6) is 23.0 Å². The minimum atomic E-state index is -0.849. The van der Waals surface area contributed by atoms with Gasteiger partial charge in [-0.3, -0.25) is 19.2 Å². The molecule has 0 unspecified atom stereocenters. The highest BCUT2D eigenvalue weighted by Crippen LogP contribution is 2.50. The molecule has 4 aromatic rings. The van der Waals surface area contributed by atoms with E-state index in [9.17, 15) is 4.79 Å². The Bertz CT molecular complexity index is 2490. The van der Waals surface area contributed by atoms with Crippen LogP contribution >= 0.6 is 0 Å². The second-order valence-electron chi connectivity index (χ2n) is 18.6. The monoisotopic (exact) mass is 953 g/mol. The Kier molecular flexibility index (Phi) is 16.4. The van der Waals surface area contributed by atoms with E-state index in [0.29, 0.717) is 68.8 Å². The van der Waals surface area contributed by atoms with Gasteiger partial charge in [0.25, 0.3) is 11.5 Å². The first-order valence-corrected chi connectivity index (χ1v) is 24.7. The Labute approximate surface area is 406 Å². The van der Waals surface area contributed by atoms with Gasteiger partial charge in [0.1, 0.15) is 0 Å². The molecule has 1 fully saturated rings. The number of methoxy groups -OCH3 is 4. The molecule has 8 rings (SSSR count). The second kappa shape index (κ2) is 22.6. The standard InChI is InChI=1S/C54H72N4O11/c1-9-35-33-56-19-16-36-28-46(62-5)48(64-7)30-41(36)44(56)26-38(35)27-45-42-31-49(65-8)47(63-6)29-37(42)17-20-57(45)52(60)50-32-43(40(54(69-50)68-10-2)18-22-66-24-25-67-23-21-59)51-34(3)55(4)58(53(51)61)39-14-12-11-13-15-39/h11-15,28-32,35,38,40,43-45,54,59H,9-10,16-27,33H2,1-8H3/t35-,38+,40-,43+,44-,45+,54-/m0/s1. The van der Waals surface area contributed by atoms with Crippen molar-refractivity contribution in [1.82, 2.24) is 19.2 Å². The van der Waals surface area contributed by atoms with Gasteiger partial charge in [-0.2, -0.15) is 0 Å². The predicted molar refractivity (Wildman–Crippen MR) is 262 cm³/mol. The minimum absolute atomic E-state index is 0.0600. The molecule has 4 aliphatic heterocycles. The molecule has 1 amide bonds. The maximum absolute atomic E-state index is 15.7. The summed E-state index contributed by atoms with van der Waals surface area (Å²) in [6, 6.07) is 17.9. The van der Waals surface area contributed by atoms with Gasteiger partial charge < -0.3 is 47.9 Å². The normalized spacial score (nSPS) is 23.3. The quantitative estimate of drug-likeness (QED) is 0.0906. The fourth-order valence-corrected chi connectivity index (χ4v) is 11.6. The summed E-state index contributed by atoms with van der Waals surface area (Å²) in [6.07, 6.45) is 5.73. The van der Waals surface area contributed by atoms with E-state index in [4.69, 9.17) is 43.0 Å². The van der Waals surface area contributed by atoms with Gasteiger partial charge in [-0.1, -0.05) is 31.5 Å². The number of hydrogen-bond acceptors (Lipinski definition) is 12. The van der Waals surface area contributed by atoms with E-state index in [2.05, 4.69) is 36.1 Å². The van der Waals surface area contributed by atoms with Crippen molar-refractivity contribution in [2.45, 2.75) is 83.6 Å². The van der Waals surface area contributed by atoms with Crippen LogP contribution < -0.4 is 24.5 Å². The molecule has 5 heterocycles. The van der Waals surface area contributed by atoms with Crippen molar-refractivity contribution >= 4 is 5.91 Å². The summed E-state index contributed by atoms with van der Waals surface area (Å²) in [5, 5.41) is 9.16. The molecule has 0 bridgehead atoms. The average molecular weight is 953 g/mol. The smallest absolute Gasteiger partial charge is 0.289 e. The first-order chi connectivity index (χ1) is 33.6. The number of nitrogens with zero attached hydrogens (tertiary/aromatic N) is 4. The molecule has 4 aliphatic rings. The molecule has 0 saturated carbocycles. The van der Waals surface area contributed by atoms with Crippen molar-refractivity contribution in [3.8, 4) is 28.7 Å². The zero-order valence-electron chi connectivity index (χ0n) is 41.7. The summed E-state index contributed by atoms with van der Waals surface area (Å²) in [7, 11) is 8.57. The molecule has 0 radical (unpaired) electrons. The highest BCUT2D eigenvalue weighted by Gasteiger charge is 2.46. The third-order valence-corrected chi connectivity index (χ3v) is 15.2. The maximum Gasteiger partial charge on any atom is 0.289 e. The van der Waals surface area contributed by atoms with Gasteiger partial charge in [-0.05, 0) is 123 Å². The van der Waals surface area contributed by atoms with Gasteiger partial charge in [-0.25, -0.2) is 4.68 Å². The fraction of sp³-hybridized carbons (Fsp3) is 0.556. The van der Waals surface area contributed by atoms with Crippen LogP contribution in [0.4, 0.5) is 0 Å². The minimum Gasteiger partial charge on any atom is -0.493 e. The first-order valence-electron chi connectivity index (χ1n) is 24.7. The zero-order chi connectivity index (χ0) is 48.8. The lowest BCUT2D eigenvalue weighted by Gasteiger charge is -2.49. The fourth-order valence-electron chi connectivity index (χ4n) is 11.6. The summed E-state index contributed by atoms with van der Waals surface area (Å²) in [4.78, 5) is 35.2. The van der Waals surface area contributed by atoms with Crippen LogP contribution in [0, 0.1) is 24.7 Å². The number of benzene rings is 3. The number of ether oxygens (including phenoxy) is 8. The Morgan fingerprint density at radius 1 is 0.812 bits per heavy atom. The number of hydrogen-bond donors (Lipinski definition) is 1. The Morgan fingerprint density at radius 3 is 2.10 bits per heavy atom. The average Bonchev–Trinajstić information content (AvgIpc) is 3.60. The van der Waals surface area contributed by atoms with E-state index in [1.165, 1.54) is 11.1 Å². The van der Waals surface area contributed by atoms with Gasteiger partial charge >= 0.3 is 0 Å². The second-order valence-corrected chi connectivity index (χ2v) is 18.6. The molecule has 0 aliphatic carbocycles. The van der Waals surface area contributed by atoms with Crippen molar-refractivity contribution < 1.29 is 47.8 Å². The van der Waals surface area contributed by atoms with Crippen LogP contribution in [0.25, 0.3) is 5.69 Å². The van der Waals surface area contributed by atoms with E-state index in [1.54, 1.807) is 33.1 Å². The number of allylic oxidation sites excluding steroid dienone is 1. The van der Waals surface area contributed by atoms with Gasteiger partial charge in [-0.15, -0.1) is 0 Å². The summed E-state index contributed by atoms with van der Waals surface area (Å²) < 4.78 is 51.5. The van der Waals surface area contributed by atoms with Crippen LogP contribution in [0.15, 0.2) is 71.2 Å². The molecule has 15 nitrogen and oxygen atoms in total. The van der Waals surface area contributed by atoms with Crippen LogP contribution in [0.3, 0.4) is 0 Å². The summed E-state index contributed by atoms with van der Waals surface area (Å²) in [5.74, 6) is 2.42. The van der Waals surface area contributed by atoms with E-state index < -0.39 is 12.2 Å². The van der Waals surface area contributed by atoms with Crippen LogP contribution in [-0.2, 0) is 43.6 Å². The molecule has 7 atom stereocenters. The van der Waals surface area contributed by atoms with E-state index in [0.717, 1.165) is 72.8 Å². The van der Waals surface area contributed by atoms with Crippen LogP contribution in [0.2, 0.25) is 0 Å². The molecule has 15 heteroatoms. The number of aliphatic hydroxyl groups excluding tert-OH is 1. The highest BCUT2D eigenvalue weighted by atomic mass is 16.7.